The van der Waals surface area contributed by atoms with Gasteiger partial charge in [-0.3, -0.25) is 4.79 Å². The van der Waals surface area contributed by atoms with Gasteiger partial charge in [0.1, 0.15) is 12.4 Å². The molecule has 1 amide bonds. The van der Waals surface area contributed by atoms with Gasteiger partial charge in [-0.05, 0) is 47.5 Å². The Kier molecular flexibility index (Phi) is 6.87. The van der Waals surface area contributed by atoms with Gasteiger partial charge in [-0.15, -0.1) is 0 Å². The molecule has 3 aromatic rings. The highest BCUT2D eigenvalue weighted by molar-refractivity contribution is 7.89. The van der Waals surface area contributed by atoms with Crippen LogP contribution in [0.2, 0.25) is 0 Å². The summed E-state index contributed by atoms with van der Waals surface area (Å²) in [4.78, 5) is 12.5. The molecule has 0 unspecified atom stereocenters. The number of carbonyl (C=O) groups excluding carboxylic acids is 1. The predicted octanol–water partition coefficient (Wildman–Crippen LogP) is 3.41. The topological polar surface area (TPSA) is 75.7 Å². The lowest BCUT2D eigenvalue weighted by molar-refractivity contribution is 0.0947. The monoisotopic (exact) mass is 424 g/mol. The molecule has 0 aliphatic rings. The number of rotatable bonds is 8. The lowest BCUT2D eigenvalue weighted by atomic mass is 10.0. The van der Waals surface area contributed by atoms with Gasteiger partial charge in [0, 0.05) is 19.7 Å². The predicted molar refractivity (Wildman–Crippen MR) is 117 cm³/mol. The van der Waals surface area contributed by atoms with Crippen molar-refractivity contribution >= 4 is 15.9 Å². The van der Waals surface area contributed by atoms with Crippen molar-refractivity contribution in [3.05, 3.63) is 84.4 Å². The van der Waals surface area contributed by atoms with Crippen LogP contribution in [0, 0.1) is 0 Å². The van der Waals surface area contributed by atoms with Crippen molar-refractivity contribution in [1.82, 2.24) is 9.62 Å². The Hall–Kier alpha value is -3.16. The van der Waals surface area contributed by atoms with Crippen molar-refractivity contribution in [3.8, 4) is 16.9 Å². The van der Waals surface area contributed by atoms with Gasteiger partial charge in [0.25, 0.3) is 5.91 Å². The molecule has 0 spiro atoms. The molecule has 0 aliphatic carbocycles. The van der Waals surface area contributed by atoms with Crippen molar-refractivity contribution < 1.29 is 17.9 Å². The van der Waals surface area contributed by atoms with Crippen LogP contribution in [0.1, 0.15) is 10.4 Å². The highest BCUT2D eigenvalue weighted by Crippen LogP contribution is 2.19. The van der Waals surface area contributed by atoms with E-state index in [9.17, 15) is 13.2 Å². The first-order valence-electron chi connectivity index (χ1n) is 9.47. The fraction of sp³-hybridized carbons (Fsp3) is 0.174. The van der Waals surface area contributed by atoms with Gasteiger partial charge in [0.15, 0.2) is 0 Å². The SMILES string of the molecule is CN(C)S(=O)(=O)c1ccc(OCCNC(=O)c2ccc(-c3ccccc3)cc2)cc1. The highest BCUT2D eigenvalue weighted by Gasteiger charge is 2.16. The molecule has 156 valence electrons. The number of hydrogen-bond acceptors (Lipinski definition) is 4. The van der Waals surface area contributed by atoms with Gasteiger partial charge in [-0.25, -0.2) is 12.7 Å². The summed E-state index contributed by atoms with van der Waals surface area (Å²) in [6, 6.07) is 23.6. The average Bonchev–Trinajstić information content (AvgIpc) is 2.77. The molecule has 6 nitrogen and oxygen atoms in total. The fourth-order valence-electron chi connectivity index (χ4n) is 2.80. The summed E-state index contributed by atoms with van der Waals surface area (Å²) < 4.78 is 30.8. The second-order valence-corrected chi connectivity index (χ2v) is 8.96. The number of nitrogens with zero attached hydrogens (tertiary/aromatic N) is 1. The molecule has 0 aliphatic heterocycles. The number of carbonyl (C=O) groups is 1. The Morgan fingerprint density at radius 1 is 0.867 bits per heavy atom. The summed E-state index contributed by atoms with van der Waals surface area (Å²) in [5.74, 6) is 0.361. The van der Waals surface area contributed by atoms with E-state index < -0.39 is 10.0 Å². The number of nitrogens with one attached hydrogen (secondary N) is 1. The van der Waals surface area contributed by atoms with Crippen molar-refractivity contribution in [3.63, 3.8) is 0 Å². The Morgan fingerprint density at radius 3 is 2.07 bits per heavy atom. The molecule has 7 heteroatoms. The second-order valence-electron chi connectivity index (χ2n) is 6.81. The van der Waals surface area contributed by atoms with Gasteiger partial charge in [0.2, 0.25) is 10.0 Å². The quantitative estimate of drug-likeness (QED) is 0.562. The molecule has 3 aromatic carbocycles. The molecule has 30 heavy (non-hydrogen) atoms. The maximum Gasteiger partial charge on any atom is 0.251 e. The molecule has 0 heterocycles. The van der Waals surface area contributed by atoms with Crippen molar-refractivity contribution in [2.75, 3.05) is 27.2 Å². The summed E-state index contributed by atoms with van der Waals surface area (Å²) in [5, 5.41) is 2.81. The minimum atomic E-state index is -3.46. The van der Waals surface area contributed by atoms with Crippen LogP contribution in [0.5, 0.6) is 5.75 Å². The summed E-state index contributed by atoms with van der Waals surface area (Å²) in [6.07, 6.45) is 0. The maximum absolute atomic E-state index is 12.3. The maximum atomic E-state index is 12.3. The van der Waals surface area contributed by atoms with Crippen LogP contribution in [-0.4, -0.2) is 45.9 Å². The Labute approximate surface area is 177 Å². The first-order valence-corrected chi connectivity index (χ1v) is 10.9. The lowest BCUT2D eigenvalue weighted by Crippen LogP contribution is -2.28. The molecule has 0 aromatic heterocycles. The van der Waals surface area contributed by atoms with Crippen LogP contribution >= 0.6 is 0 Å². The summed E-state index contributed by atoms with van der Waals surface area (Å²) in [7, 11) is -0.493. The van der Waals surface area contributed by atoms with Crippen LogP contribution in [0.25, 0.3) is 11.1 Å². The van der Waals surface area contributed by atoms with Gasteiger partial charge in [-0.1, -0.05) is 42.5 Å². The average molecular weight is 425 g/mol. The van der Waals surface area contributed by atoms with E-state index in [0.717, 1.165) is 15.4 Å². The van der Waals surface area contributed by atoms with Gasteiger partial charge in [-0.2, -0.15) is 0 Å². The number of amides is 1. The molecular weight excluding hydrogens is 400 g/mol. The third kappa shape index (κ3) is 5.25. The molecule has 1 N–H and O–H groups in total. The molecule has 0 atom stereocenters. The standard InChI is InChI=1S/C23H24N2O4S/c1-25(2)30(27,28)22-14-12-21(13-15-22)29-17-16-24-23(26)20-10-8-19(9-11-20)18-6-4-3-5-7-18/h3-15H,16-17H2,1-2H3,(H,24,26). The molecule has 3 rings (SSSR count). The number of hydrogen-bond donors (Lipinski definition) is 1. The van der Waals surface area contributed by atoms with Gasteiger partial charge >= 0.3 is 0 Å². The molecule has 0 radical (unpaired) electrons. The molecule has 0 fully saturated rings. The van der Waals surface area contributed by atoms with Crippen molar-refractivity contribution in [1.29, 1.82) is 0 Å². The zero-order chi connectivity index (χ0) is 21.6. The van der Waals surface area contributed by atoms with E-state index in [0.29, 0.717) is 17.9 Å². The third-order valence-electron chi connectivity index (χ3n) is 4.51. The third-order valence-corrected chi connectivity index (χ3v) is 6.34. The van der Waals surface area contributed by atoms with Crippen molar-refractivity contribution in [2.45, 2.75) is 4.90 Å². The normalized spacial score (nSPS) is 11.3. The van der Waals surface area contributed by atoms with E-state index in [1.54, 1.807) is 24.3 Å². The summed E-state index contributed by atoms with van der Waals surface area (Å²) in [5.41, 5.74) is 2.73. The second kappa shape index (κ2) is 9.56. The van der Waals surface area contributed by atoms with E-state index in [2.05, 4.69) is 5.32 Å². The van der Waals surface area contributed by atoms with Gasteiger partial charge in [0.05, 0.1) is 11.4 Å². The minimum Gasteiger partial charge on any atom is -0.492 e. The van der Waals surface area contributed by atoms with Crippen LogP contribution in [0.15, 0.2) is 83.8 Å². The zero-order valence-electron chi connectivity index (χ0n) is 16.9. The van der Waals surface area contributed by atoms with E-state index in [1.165, 1.54) is 26.2 Å². The van der Waals surface area contributed by atoms with E-state index >= 15 is 0 Å². The van der Waals surface area contributed by atoms with Crippen LogP contribution in [0.3, 0.4) is 0 Å². The number of sulfonamides is 1. The summed E-state index contributed by atoms with van der Waals surface area (Å²) in [6.45, 7) is 0.602. The molecular formula is C23H24N2O4S. The zero-order valence-corrected chi connectivity index (χ0v) is 17.7. The van der Waals surface area contributed by atoms with Gasteiger partial charge < -0.3 is 10.1 Å². The van der Waals surface area contributed by atoms with Crippen molar-refractivity contribution in [2.24, 2.45) is 0 Å². The van der Waals surface area contributed by atoms with Crippen LogP contribution in [-0.2, 0) is 10.0 Å². The smallest absolute Gasteiger partial charge is 0.251 e. The van der Waals surface area contributed by atoms with E-state index in [4.69, 9.17) is 4.74 Å². The molecule has 0 bridgehead atoms. The molecule has 0 saturated heterocycles. The molecule has 0 saturated carbocycles. The van der Waals surface area contributed by atoms with Crippen LogP contribution < -0.4 is 10.1 Å². The fourth-order valence-corrected chi connectivity index (χ4v) is 3.70. The van der Waals surface area contributed by atoms with E-state index in [-0.39, 0.29) is 17.4 Å². The van der Waals surface area contributed by atoms with Crippen LogP contribution in [0.4, 0.5) is 0 Å². The minimum absolute atomic E-state index is 0.175. The first kappa shape index (κ1) is 21.5. The largest absolute Gasteiger partial charge is 0.492 e. The summed E-state index contributed by atoms with van der Waals surface area (Å²) >= 11 is 0. The lowest BCUT2D eigenvalue weighted by Gasteiger charge is -2.12. The Balaban J connectivity index is 1.48. The van der Waals surface area contributed by atoms with E-state index in [1.807, 2.05) is 42.5 Å². The Morgan fingerprint density at radius 2 is 1.47 bits per heavy atom. The first-order chi connectivity index (χ1) is 14.4. The highest BCUT2D eigenvalue weighted by atomic mass is 32.2. The number of ether oxygens (including phenoxy) is 1. The number of benzene rings is 3. The Bertz CT molecular complexity index is 1080.